The Hall–Kier alpha value is -1.22. The molecule has 19 heavy (non-hydrogen) atoms. The number of likely N-dealkylation sites (tertiary alicyclic amines) is 1. The lowest BCUT2D eigenvalue weighted by Gasteiger charge is -2.18. The van der Waals surface area contributed by atoms with Crippen molar-refractivity contribution in [2.24, 2.45) is 5.92 Å². The van der Waals surface area contributed by atoms with Crippen molar-refractivity contribution >= 4 is 5.69 Å². The van der Waals surface area contributed by atoms with Gasteiger partial charge in [0.2, 0.25) is 0 Å². The molecule has 0 saturated carbocycles. The number of rotatable bonds is 5. The van der Waals surface area contributed by atoms with Crippen molar-refractivity contribution in [3.8, 4) is 5.75 Å². The van der Waals surface area contributed by atoms with Crippen LogP contribution in [0.15, 0.2) is 24.3 Å². The zero-order valence-corrected chi connectivity index (χ0v) is 12.5. The molecule has 2 atom stereocenters. The van der Waals surface area contributed by atoms with Crippen molar-refractivity contribution < 1.29 is 4.74 Å². The Labute approximate surface area is 116 Å². The second kappa shape index (κ2) is 6.29. The minimum absolute atomic E-state index is 0.517. The minimum atomic E-state index is 0.517. The van der Waals surface area contributed by atoms with Gasteiger partial charge in [-0.25, -0.2) is 0 Å². The summed E-state index contributed by atoms with van der Waals surface area (Å²) in [5, 5.41) is 3.63. The lowest BCUT2D eigenvalue weighted by molar-refractivity contribution is 0.272. The summed E-state index contributed by atoms with van der Waals surface area (Å²) in [5.41, 5.74) is 1.12. The molecule has 2 rings (SSSR count). The molecule has 0 spiro atoms. The molecule has 1 aliphatic heterocycles. The summed E-state index contributed by atoms with van der Waals surface area (Å²) in [7, 11) is 2.19. The maximum atomic E-state index is 5.89. The third-order valence-electron chi connectivity index (χ3n) is 3.71. The lowest BCUT2D eigenvalue weighted by atomic mass is 10.1. The van der Waals surface area contributed by atoms with E-state index in [-0.39, 0.29) is 0 Å². The smallest absolute Gasteiger partial charge is 0.142 e. The highest BCUT2D eigenvalue weighted by molar-refractivity contribution is 5.57. The Bertz CT molecular complexity index is 395. The quantitative estimate of drug-likeness (QED) is 0.881. The Morgan fingerprint density at radius 2 is 2.11 bits per heavy atom. The molecule has 106 valence electrons. The first-order chi connectivity index (χ1) is 9.06. The van der Waals surface area contributed by atoms with E-state index in [1.807, 2.05) is 12.1 Å². The maximum Gasteiger partial charge on any atom is 0.142 e. The second-order valence-corrected chi connectivity index (χ2v) is 6.07. The molecule has 0 aromatic heterocycles. The van der Waals surface area contributed by atoms with Crippen LogP contribution in [0.4, 0.5) is 5.69 Å². The highest BCUT2D eigenvalue weighted by Gasteiger charge is 2.26. The van der Waals surface area contributed by atoms with Crippen molar-refractivity contribution in [1.29, 1.82) is 0 Å². The molecule has 3 heteroatoms. The van der Waals surface area contributed by atoms with Crippen LogP contribution >= 0.6 is 0 Å². The average Bonchev–Trinajstić information content (AvgIpc) is 2.67. The largest absolute Gasteiger partial charge is 0.491 e. The fourth-order valence-electron chi connectivity index (χ4n) is 2.49. The van der Waals surface area contributed by atoms with Crippen molar-refractivity contribution in [1.82, 2.24) is 4.90 Å². The van der Waals surface area contributed by atoms with Gasteiger partial charge >= 0.3 is 0 Å². The van der Waals surface area contributed by atoms with E-state index >= 15 is 0 Å². The average molecular weight is 262 g/mol. The first-order valence-corrected chi connectivity index (χ1v) is 7.25. The highest BCUT2D eigenvalue weighted by Crippen LogP contribution is 2.27. The van der Waals surface area contributed by atoms with Crippen LogP contribution in [0.25, 0.3) is 0 Å². The fourth-order valence-corrected chi connectivity index (χ4v) is 2.49. The van der Waals surface area contributed by atoms with Crippen molar-refractivity contribution in [2.75, 3.05) is 25.5 Å². The van der Waals surface area contributed by atoms with Gasteiger partial charge in [0.15, 0.2) is 0 Å². The van der Waals surface area contributed by atoms with Gasteiger partial charge in [0.25, 0.3) is 0 Å². The van der Waals surface area contributed by atoms with Gasteiger partial charge in [0.05, 0.1) is 12.3 Å². The third-order valence-corrected chi connectivity index (χ3v) is 3.71. The van der Waals surface area contributed by atoms with E-state index in [1.165, 1.54) is 6.42 Å². The van der Waals surface area contributed by atoms with Gasteiger partial charge < -0.3 is 15.0 Å². The third kappa shape index (κ3) is 3.87. The first-order valence-electron chi connectivity index (χ1n) is 7.25. The van der Waals surface area contributed by atoms with Gasteiger partial charge in [-0.05, 0) is 38.4 Å². The summed E-state index contributed by atoms with van der Waals surface area (Å²) in [6.07, 6.45) is 1.19. The van der Waals surface area contributed by atoms with E-state index < -0.39 is 0 Å². The molecule has 1 N–H and O–H groups in total. The predicted octanol–water partition coefficient (Wildman–Crippen LogP) is 3.23. The highest BCUT2D eigenvalue weighted by atomic mass is 16.5. The molecule has 1 fully saturated rings. The van der Waals surface area contributed by atoms with Crippen LogP contribution in [0.2, 0.25) is 0 Å². The van der Waals surface area contributed by atoms with Gasteiger partial charge in [-0.15, -0.1) is 0 Å². The summed E-state index contributed by atoms with van der Waals surface area (Å²) in [5.74, 6) is 1.52. The van der Waals surface area contributed by atoms with Gasteiger partial charge in [0.1, 0.15) is 5.75 Å². The molecule has 1 aromatic rings. The van der Waals surface area contributed by atoms with Crippen LogP contribution in [0.3, 0.4) is 0 Å². The number of nitrogens with zero attached hydrogens (tertiary/aromatic N) is 1. The Kier molecular flexibility index (Phi) is 4.70. The predicted molar refractivity (Wildman–Crippen MR) is 80.9 cm³/mol. The molecule has 1 saturated heterocycles. The van der Waals surface area contributed by atoms with Crippen LogP contribution in [0, 0.1) is 5.92 Å². The summed E-state index contributed by atoms with van der Waals surface area (Å²) in [6.45, 7) is 8.48. The molecule has 1 heterocycles. The fraction of sp³-hybridized carbons (Fsp3) is 0.625. The zero-order valence-electron chi connectivity index (χ0n) is 12.5. The van der Waals surface area contributed by atoms with E-state index in [0.717, 1.165) is 24.6 Å². The van der Waals surface area contributed by atoms with Crippen LogP contribution in [0.5, 0.6) is 5.75 Å². The Balaban J connectivity index is 1.99. The lowest BCUT2D eigenvalue weighted by Crippen LogP contribution is -2.25. The molecule has 0 radical (unpaired) electrons. The van der Waals surface area contributed by atoms with E-state index in [4.69, 9.17) is 4.74 Å². The molecular formula is C16H26N2O. The van der Waals surface area contributed by atoms with Crippen LogP contribution in [-0.2, 0) is 0 Å². The molecule has 3 nitrogen and oxygen atoms in total. The van der Waals surface area contributed by atoms with E-state index in [0.29, 0.717) is 18.0 Å². The van der Waals surface area contributed by atoms with Gasteiger partial charge in [-0.3, -0.25) is 0 Å². The monoisotopic (exact) mass is 262 g/mol. The maximum absolute atomic E-state index is 5.89. The number of ether oxygens (including phenoxy) is 1. The van der Waals surface area contributed by atoms with Gasteiger partial charge in [-0.1, -0.05) is 26.0 Å². The van der Waals surface area contributed by atoms with Crippen LogP contribution < -0.4 is 10.1 Å². The SMILES string of the molecule is CC(C)COc1ccccc1NC1CC(C)N(C)C1. The van der Waals surface area contributed by atoms with Crippen LogP contribution in [0.1, 0.15) is 27.2 Å². The second-order valence-electron chi connectivity index (χ2n) is 6.07. The van der Waals surface area contributed by atoms with Crippen molar-refractivity contribution in [2.45, 2.75) is 39.3 Å². The minimum Gasteiger partial charge on any atom is -0.491 e. The van der Waals surface area contributed by atoms with Crippen molar-refractivity contribution in [3.05, 3.63) is 24.3 Å². The molecule has 1 aliphatic rings. The van der Waals surface area contributed by atoms with Gasteiger partial charge in [-0.2, -0.15) is 0 Å². The van der Waals surface area contributed by atoms with Crippen LogP contribution in [-0.4, -0.2) is 37.2 Å². The van der Waals surface area contributed by atoms with E-state index in [1.54, 1.807) is 0 Å². The number of hydrogen-bond acceptors (Lipinski definition) is 3. The number of nitrogens with one attached hydrogen (secondary N) is 1. The Morgan fingerprint density at radius 1 is 1.37 bits per heavy atom. The van der Waals surface area contributed by atoms with Crippen molar-refractivity contribution in [3.63, 3.8) is 0 Å². The zero-order chi connectivity index (χ0) is 13.8. The summed E-state index contributed by atoms with van der Waals surface area (Å²) in [4.78, 5) is 2.40. The number of anilines is 1. The molecular weight excluding hydrogens is 236 g/mol. The summed E-state index contributed by atoms with van der Waals surface area (Å²) in [6, 6.07) is 9.42. The normalized spacial score (nSPS) is 23.8. The number of likely N-dealkylation sites (N-methyl/N-ethyl adjacent to an activating group) is 1. The molecule has 1 aromatic carbocycles. The Morgan fingerprint density at radius 3 is 2.74 bits per heavy atom. The number of para-hydroxylation sites is 2. The van der Waals surface area contributed by atoms with E-state index in [2.05, 4.69) is 50.2 Å². The summed E-state index contributed by atoms with van der Waals surface area (Å²) >= 11 is 0. The molecule has 0 bridgehead atoms. The molecule has 0 aliphatic carbocycles. The topological polar surface area (TPSA) is 24.5 Å². The molecule has 0 amide bonds. The molecule has 2 unspecified atom stereocenters. The van der Waals surface area contributed by atoms with Gasteiger partial charge in [0, 0.05) is 18.6 Å². The van der Waals surface area contributed by atoms with E-state index in [9.17, 15) is 0 Å². The number of benzene rings is 1. The summed E-state index contributed by atoms with van der Waals surface area (Å²) < 4.78 is 5.89. The first kappa shape index (κ1) is 14.2. The standard InChI is InChI=1S/C16H26N2O/c1-12(2)11-19-16-8-6-5-7-15(16)17-14-9-13(3)18(4)10-14/h5-8,12-14,17H,9-11H2,1-4H3. The number of hydrogen-bond donors (Lipinski definition) is 1.